The number of halogens is 1. The van der Waals surface area contributed by atoms with Crippen LogP contribution in [0.15, 0.2) is 46.3 Å². The number of thiophene rings is 1. The van der Waals surface area contributed by atoms with E-state index in [2.05, 4.69) is 45.6 Å². The maximum absolute atomic E-state index is 5.63. The highest BCUT2D eigenvalue weighted by molar-refractivity contribution is 9.10. The first-order valence-corrected chi connectivity index (χ1v) is 6.86. The molecule has 84 valence electrons. The molecule has 0 aliphatic carbocycles. The molecule has 1 nitrogen and oxygen atoms in total. The first kappa shape index (κ1) is 11.8. The minimum Gasteiger partial charge on any atom is -0.376 e. The van der Waals surface area contributed by atoms with Gasteiger partial charge in [-0.2, -0.15) is 0 Å². The van der Waals surface area contributed by atoms with E-state index in [0.717, 1.165) is 17.5 Å². The Kier molecular flexibility index (Phi) is 4.57. The largest absolute Gasteiger partial charge is 0.376 e. The molecule has 0 amide bonds. The van der Waals surface area contributed by atoms with Gasteiger partial charge in [0.05, 0.1) is 13.2 Å². The second-order valence-electron chi connectivity index (χ2n) is 3.51. The highest BCUT2D eigenvalue weighted by Gasteiger charge is 1.96. The Balaban J connectivity index is 1.72. The average Bonchev–Trinajstić information content (AvgIpc) is 2.77. The first-order chi connectivity index (χ1) is 7.84. The minimum absolute atomic E-state index is 0.685. The van der Waals surface area contributed by atoms with Gasteiger partial charge >= 0.3 is 0 Å². The van der Waals surface area contributed by atoms with Crippen LogP contribution in [-0.2, 0) is 17.8 Å². The first-order valence-electron chi connectivity index (χ1n) is 5.19. The van der Waals surface area contributed by atoms with E-state index in [0.29, 0.717) is 6.61 Å². The summed E-state index contributed by atoms with van der Waals surface area (Å²) in [5.74, 6) is 0. The third-order valence-electron chi connectivity index (χ3n) is 2.23. The van der Waals surface area contributed by atoms with Crippen molar-refractivity contribution < 1.29 is 4.74 Å². The molecule has 16 heavy (non-hydrogen) atoms. The normalized spacial score (nSPS) is 10.6. The van der Waals surface area contributed by atoms with Crippen molar-refractivity contribution in [2.45, 2.75) is 13.0 Å². The number of ether oxygens (including phenoxy) is 1. The Morgan fingerprint density at radius 3 is 2.88 bits per heavy atom. The van der Waals surface area contributed by atoms with Crippen molar-refractivity contribution in [2.75, 3.05) is 6.61 Å². The fourth-order valence-corrected chi connectivity index (χ4v) is 2.58. The van der Waals surface area contributed by atoms with Gasteiger partial charge in [-0.15, -0.1) is 11.3 Å². The van der Waals surface area contributed by atoms with Crippen LogP contribution < -0.4 is 0 Å². The Morgan fingerprint density at radius 1 is 1.19 bits per heavy atom. The van der Waals surface area contributed by atoms with Crippen LogP contribution in [0.3, 0.4) is 0 Å². The second kappa shape index (κ2) is 6.18. The Hall–Kier alpha value is -0.640. The number of rotatable bonds is 5. The zero-order chi connectivity index (χ0) is 11.2. The molecule has 0 fully saturated rings. The Labute approximate surface area is 108 Å². The lowest BCUT2D eigenvalue weighted by Crippen LogP contribution is -1.97. The van der Waals surface area contributed by atoms with E-state index in [1.54, 1.807) is 11.3 Å². The van der Waals surface area contributed by atoms with Crippen molar-refractivity contribution in [3.63, 3.8) is 0 Å². The molecular formula is C13H13BrOS. The third kappa shape index (κ3) is 3.74. The van der Waals surface area contributed by atoms with Gasteiger partial charge < -0.3 is 4.74 Å². The lowest BCUT2D eigenvalue weighted by atomic mass is 10.2. The molecule has 0 unspecified atom stereocenters. The van der Waals surface area contributed by atoms with Crippen molar-refractivity contribution in [1.82, 2.24) is 0 Å². The monoisotopic (exact) mass is 296 g/mol. The predicted octanol–water partition coefficient (Wildman–Crippen LogP) is 4.27. The quantitative estimate of drug-likeness (QED) is 0.749. The van der Waals surface area contributed by atoms with Gasteiger partial charge in [0.1, 0.15) is 0 Å². The van der Waals surface area contributed by atoms with Crippen LogP contribution in [0.25, 0.3) is 0 Å². The van der Waals surface area contributed by atoms with Crippen molar-refractivity contribution >= 4 is 27.3 Å². The predicted molar refractivity (Wildman–Crippen MR) is 71.8 cm³/mol. The Morgan fingerprint density at radius 2 is 2.12 bits per heavy atom. The van der Waals surface area contributed by atoms with E-state index in [-0.39, 0.29) is 0 Å². The van der Waals surface area contributed by atoms with Gasteiger partial charge in [0, 0.05) is 15.8 Å². The van der Waals surface area contributed by atoms with Crippen LogP contribution in [0.5, 0.6) is 0 Å². The van der Waals surface area contributed by atoms with Crippen LogP contribution in [0, 0.1) is 0 Å². The maximum atomic E-state index is 5.63. The summed E-state index contributed by atoms with van der Waals surface area (Å²) in [5, 5.41) is 2.10. The molecule has 0 atom stereocenters. The van der Waals surface area contributed by atoms with Gasteiger partial charge in [-0.1, -0.05) is 34.1 Å². The highest BCUT2D eigenvalue weighted by Crippen LogP contribution is 2.13. The van der Waals surface area contributed by atoms with Crippen molar-refractivity contribution in [1.29, 1.82) is 0 Å². The van der Waals surface area contributed by atoms with E-state index in [1.807, 2.05) is 12.1 Å². The number of hydrogen-bond acceptors (Lipinski definition) is 2. The van der Waals surface area contributed by atoms with Crippen LogP contribution in [0.1, 0.15) is 10.4 Å². The SMILES string of the molecule is Brc1cccc(COCCc2cccs2)c1. The van der Waals surface area contributed by atoms with E-state index < -0.39 is 0 Å². The van der Waals surface area contributed by atoms with E-state index in [1.165, 1.54) is 10.4 Å². The molecule has 0 radical (unpaired) electrons. The summed E-state index contributed by atoms with van der Waals surface area (Å²) in [5.41, 5.74) is 1.21. The summed E-state index contributed by atoms with van der Waals surface area (Å²) >= 11 is 5.23. The molecule has 3 heteroatoms. The summed E-state index contributed by atoms with van der Waals surface area (Å²) in [6, 6.07) is 12.4. The zero-order valence-corrected chi connectivity index (χ0v) is 11.3. The fourth-order valence-electron chi connectivity index (χ4n) is 1.44. The topological polar surface area (TPSA) is 9.23 Å². The van der Waals surface area contributed by atoms with E-state index in [4.69, 9.17) is 4.74 Å². The number of benzene rings is 1. The molecule has 2 aromatic rings. The lowest BCUT2D eigenvalue weighted by Gasteiger charge is -2.03. The molecule has 0 aliphatic rings. The van der Waals surface area contributed by atoms with Crippen LogP contribution in [-0.4, -0.2) is 6.61 Å². The van der Waals surface area contributed by atoms with Crippen molar-refractivity contribution in [3.8, 4) is 0 Å². The van der Waals surface area contributed by atoms with Crippen molar-refractivity contribution in [2.24, 2.45) is 0 Å². The summed E-state index contributed by atoms with van der Waals surface area (Å²) in [6.45, 7) is 1.47. The van der Waals surface area contributed by atoms with Gasteiger partial charge in [0.15, 0.2) is 0 Å². The molecule has 1 aromatic heterocycles. The molecule has 1 aromatic carbocycles. The number of hydrogen-bond donors (Lipinski definition) is 0. The molecule has 0 aliphatic heterocycles. The van der Waals surface area contributed by atoms with Crippen molar-refractivity contribution in [3.05, 3.63) is 56.7 Å². The zero-order valence-electron chi connectivity index (χ0n) is 8.86. The van der Waals surface area contributed by atoms with E-state index in [9.17, 15) is 0 Å². The van der Waals surface area contributed by atoms with Gasteiger partial charge in [0.25, 0.3) is 0 Å². The minimum atomic E-state index is 0.685. The smallest absolute Gasteiger partial charge is 0.0717 e. The summed E-state index contributed by atoms with van der Waals surface area (Å²) in [6.07, 6.45) is 1.01. The second-order valence-corrected chi connectivity index (χ2v) is 5.46. The fraction of sp³-hybridized carbons (Fsp3) is 0.231. The molecule has 0 saturated heterocycles. The van der Waals surface area contributed by atoms with Crippen LogP contribution in [0.2, 0.25) is 0 Å². The molecule has 0 spiro atoms. The maximum Gasteiger partial charge on any atom is 0.0717 e. The summed E-state index contributed by atoms with van der Waals surface area (Å²) in [7, 11) is 0. The average molecular weight is 297 g/mol. The summed E-state index contributed by atoms with van der Waals surface area (Å²) < 4.78 is 6.74. The van der Waals surface area contributed by atoms with Gasteiger partial charge in [-0.05, 0) is 29.1 Å². The molecular weight excluding hydrogens is 284 g/mol. The molecule has 1 heterocycles. The molecule has 0 N–H and O–H groups in total. The molecule has 0 saturated carbocycles. The van der Waals surface area contributed by atoms with Gasteiger partial charge in [-0.25, -0.2) is 0 Å². The van der Waals surface area contributed by atoms with Gasteiger partial charge in [-0.3, -0.25) is 0 Å². The third-order valence-corrected chi connectivity index (χ3v) is 3.66. The van der Waals surface area contributed by atoms with Crippen LogP contribution in [0.4, 0.5) is 0 Å². The molecule has 0 bridgehead atoms. The van der Waals surface area contributed by atoms with Gasteiger partial charge in [0.2, 0.25) is 0 Å². The van der Waals surface area contributed by atoms with Crippen LogP contribution >= 0.6 is 27.3 Å². The molecule has 2 rings (SSSR count). The lowest BCUT2D eigenvalue weighted by molar-refractivity contribution is 0.124. The standard InChI is InChI=1S/C13H13BrOS/c14-12-4-1-3-11(9-12)10-15-7-6-13-5-2-8-16-13/h1-5,8-9H,6-7,10H2. The highest BCUT2D eigenvalue weighted by atomic mass is 79.9. The Bertz CT molecular complexity index is 425. The summed E-state index contributed by atoms with van der Waals surface area (Å²) in [4.78, 5) is 1.38. The van der Waals surface area contributed by atoms with E-state index >= 15 is 0 Å².